The molecule has 0 saturated heterocycles. The molecule has 0 spiro atoms. The normalized spacial score (nSPS) is 13.8. The fourth-order valence-corrected chi connectivity index (χ4v) is 2.43. The van der Waals surface area contributed by atoms with Gasteiger partial charge >= 0.3 is 24.1 Å². The summed E-state index contributed by atoms with van der Waals surface area (Å²) in [4.78, 5) is 46.9. The highest BCUT2D eigenvalue weighted by atomic mass is 16.7. The van der Waals surface area contributed by atoms with Crippen LogP contribution in [-0.4, -0.2) is 47.9 Å². The predicted molar refractivity (Wildman–Crippen MR) is 118 cm³/mol. The van der Waals surface area contributed by atoms with Crippen molar-refractivity contribution in [3.05, 3.63) is 23.8 Å². The molecule has 0 radical (unpaired) electrons. The van der Waals surface area contributed by atoms with Crippen LogP contribution in [0.15, 0.2) is 18.2 Å². The minimum absolute atomic E-state index is 0.0275. The summed E-state index contributed by atoms with van der Waals surface area (Å²) in [5, 5.41) is 0. The number of carbonyl (C=O) groups excluding carboxylic acids is 4. The molecule has 0 aromatic heterocycles. The van der Waals surface area contributed by atoms with Crippen molar-refractivity contribution in [2.24, 2.45) is 5.73 Å². The van der Waals surface area contributed by atoms with E-state index in [9.17, 15) is 19.2 Å². The summed E-state index contributed by atoms with van der Waals surface area (Å²) in [7, 11) is 0. The molecule has 1 aromatic carbocycles. The van der Waals surface area contributed by atoms with Crippen LogP contribution in [0.4, 0.5) is 4.79 Å². The SMILES string of the molecule is CCC(C)(C)OC(=O)OC(C)[C@H](C)OC(=O)[C@@H](N)Cc1ccc(OC(C)=O)c(OC(C)=O)c1. The van der Waals surface area contributed by atoms with Crippen molar-refractivity contribution in [1.29, 1.82) is 0 Å². The maximum Gasteiger partial charge on any atom is 0.509 e. The molecule has 3 atom stereocenters. The van der Waals surface area contributed by atoms with Gasteiger partial charge in [-0.05, 0) is 58.2 Å². The zero-order valence-corrected chi connectivity index (χ0v) is 20.1. The molecular weight excluding hydrogens is 434 g/mol. The zero-order chi connectivity index (χ0) is 25.3. The molecule has 0 bridgehead atoms. The van der Waals surface area contributed by atoms with Gasteiger partial charge in [0.05, 0.1) is 0 Å². The Morgan fingerprint density at radius 1 is 0.939 bits per heavy atom. The number of rotatable bonds is 10. The van der Waals surface area contributed by atoms with Crippen molar-refractivity contribution in [1.82, 2.24) is 0 Å². The highest BCUT2D eigenvalue weighted by Gasteiger charge is 2.27. The van der Waals surface area contributed by atoms with Crippen LogP contribution in [0.1, 0.15) is 60.5 Å². The topological polar surface area (TPSA) is 140 Å². The molecule has 1 aromatic rings. The van der Waals surface area contributed by atoms with Crippen LogP contribution in [0.3, 0.4) is 0 Å². The van der Waals surface area contributed by atoms with Gasteiger partial charge in [0.25, 0.3) is 0 Å². The Balaban J connectivity index is 2.74. The van der Waals surface area contributed by atoms with Gasteiger partial charge in [0.1, 0.15) is 23.9 Å². The Bertz CT molecular complexity index is 865. The number of esters is 3. The Kier molecular flexibility index (Phi) is 10.3. The van der Waals surface area contributed by atoms with Crippen molar-refractivity contribution in [2.45, 2.75) is 85.2 Å². The third kappa shape index (κ3) is 9.90. The van der Waals surface area contributed by atoms with Crippen molar-refractivity contribution in [3.8, 4) is 11.5 Å². The van der Waals surface area contributed by atoms with Gasteiger partial charge in [0.2, 0.25) is 0 Å². The van der Waals surface area contributed by atoms with Gasteiger partial charge < -0.3 is 29.4 Å². The van der Waals surface area contributed by atoms with E-state index in [2.05, 4.69) is 0 Å². The van der Waals surface area contributed by atoms with E-state index in [0.29, 0.717) is 12.0 Å². The molecule has 0 aliphatic carbocycles. The summed E-state index contributed by atoms with van der Waals surface area (Å²) in [5.41, 5.74) is 5.85. The second-order valence-corrected chi connectivity index (χ2v) is 8.21. The lowest BCUT2D eigenvalue weighted by Gasteiger charge is -2.26. The van der Waals surface area contributed by atoms with Crippen LogP contribution < -0.4 is 15.2 Å². The Labute approximate surface area is 193 Å². The van der Waals surface area contributed by atoms with Gasteiger partial charge in [-0.15, -0.1) is 0 Å². The lowest BCUT2D eigenvalue weighted by Crippen LogP contribution is -2.40. The molecule has 0 aliphatic heterocycles. The van der Waals surface area contributed by atoms with Crippen molar-refractivity contribution >= 4 is 24.1 Å². The predicted octanol–water partition coefficient (Wildman–Crippen LogP) is 3.07. The minimum atomic E-state index is -1.05. The average Bonchev–Trinajstić information content (AvgIpc) is 2.68. The highest BCUT2D eigenvalue weighted by molar-refractivity contribution is 5.76. The molecule has 184 valence electrons. The monoisotopic (exact) mass is 467 g/mol. The van der Waals surface area contributed by atoms with Gasteiger partial charge in [0.15, 0.2) is 11.5 Å². The third-order valence-corrected chi connectivity index (χ3v) is 4.73. The van der Waals surface area contributed by atoms with E-state index in [1.165, 1.54) is 26.0 Å². The number of hydrogen-bond acceptors (Lipinski definition) is 10. The van der Waals surface area contributed by atoms with E-state index in [1.54, 1.807) is 33.8 Å². The molecule has 33 heavy (non-hydrogen) atoms. The summed E-state index contributed by atoms with van der Waals surface area (Å²) < 4.78 is 25.8. The van der Waals surface area contributed by atoms with Crippen LogP contribution >= 0.6 is 0 Å². The maximum absolute atomic E-state index is 12.4. The van der Waals surface area contributed by atoms with E-state index < -0.39 is 47.9 Å². The second-order valence-electron chi connectivity index (χ2n) is 8.21. The number of hydrogen-bond donors (Lipinski definition) is 1. The third-order valence-electron chi connectivity index (χ3n) is 4.73. The molecule has 2 N–H and O–H groups in total. The van der Waals surface area contributed by atoms with E-state index in [-0.39, 0.29) is 17.9 Å². The number of carbonyl (C=O) groups is 4. The van der Waals surface area contributed by atoms with Gasteiger partial charge in [-0.1, -0.05) is 13.0 Å². The van der Waals surface area contributed by atoms with E-state index in [0.717, 1.165) is 0 Å². The first kappa shape index (κ1) is 27.9. The fourth-order valence-electron chi connectivity index (χ4n) is 2.43. The summed E-state index contributed by atoms with van der Waals surface area (Å²) in [6.45, 7) is 11.0. The highest BCUT2D eigenvalue weighted by Crippen LogP contribution is 2.29. The molecule has 0 heterocycles. The lowest BCUT2D eigenvalue weighted by molar-refractivity contribution is -0.156. The Hall–Kier alpha value is -3.14. The van der Waals surface area contributed by atoms with Crippen LogP contribution in [0.25, 0.3) is 0 Å². The quantitative estimate of drug-likeness (QED) is 0.403. The Morgan fingerprint density at radius 3 is 2.03 bits per heavy atom. The van der Waals surface area contributed by atoms with Gasteiger partial charge in [-0.3, -0.25) is 14.4 Å². The molecule has 0 aliphatic rings. The van der Waals surface area contributed by atoms with E-state index in [1.807, 2.05) is 6.92 Å². The minimum Gasteiger partial charge on any atom is -0.458 e. The van der Waals surface area contributed by atoms with Crippen LogP contribution in [0.2, 0.25) is 0 Å². The molecule has 0 amide bonds. The Morgan fingerprint density at radius 2 is 1.48 bits per heavy atom. The van der Waals surface area contributed by atoms with Crippen LogP contribution in [0.5, 0.6) is 11.5 Å². The number of benzene rings is 1. The number of nitrogens with two attached hydrogens (primary N) is 1. The molecular formula is C23H33NO9. The first-order chi connectivity index (χ1) is 15.2. The van der Waals surface area contributed by atoms with Crippen molar-refractivity contribution in [2.75, 3.05) is 0 Å². The number of ether oxygens (including phenoxy) is 5. The van der Waals surface area contributed by atoms with Gasteiger partial charge in [0, 0.05) is 13.8 Å². The first-order valence-corrected chi connectivity index (χ1v) is 10.6. The van der Waals surface area contributed by atoms with Crippen molar-refractivity contribution in [3.63, 3.8) is 0 Å². The average molecular weight is 468 g/mol. The summed E-state index contributed by atoms with van der Waals surface area (Å²) in [6, 6.07) is 3.43. The fraction of sp³-hybridized carbons (Fsp3) is 0.565. The van der Waals surface area contributed by atoms with E-state index in [4.69, 9.17) is 29.4 Å². The summed E-state index contributed by atoms with van der Waals surface area (Å²) >= 11 is 0. The molecule has 0 saturated carbocycles. The summed E-state index contributed by atoms with van der Waals surface area (Å²) in [5.74, 6) is -1.80. The first-order valence-electron chi connectivity index (χ1n) is 10.6. The lowest BCUT2D eigenvalue weighted by atomic mass is 10.1. The molecule has 10 heteroatoms. The van der Waals surface area contributed by atoms with Crippen LogP contribution in [0, 0.1) is 0 Å². The molecule has 0 fully saturated rings. The summed E-state index contributed by atoms with van der Waals surface area (Å²) in [6.07, 6.45) is -1.73. The van der Waals surface area contributed by atoms with E-state index >= 15 is 0 Å². The van der Waals surface area contributed by atoms with Gasteiger partial charge in [-0.2, -0.15) is 0 Å². The maximum atomic E-state index is 12.4. The zero-order valence-electron chi connectivity index (χ0n) is 20.1. The molecule has 10 nitrogen and oxygen atoms in total. The largest absolute Gasteiger partial charge is 0.509 e. The molecule has 1 rings (SSSR count). The van der Waals surface area contributed by atoms with Gasteiger partial charge in [-0.25, -0.2) is 4.79 Å². The molecule has 1 unspecified atom stereocenters. The standard InChI is InChI=1S/C23H33NO9/c1-8-23(6,7)33-22(28)30-14(3)13(2)29-21(27)18(24)11-17-9-10-19(31-15(4)25)20(12-17)32-16(5)26/h9-10,12-14,18H,8,11,24H2,1-7H3/t13-,14?,18-/m0/s1. The van der Waals surface area contributed by atoms with Crippen molar-refractivity contribution < 1.29 is 42.9 Å². The smallest absolute Gasteiger partial charge is 0.458 e. The second kappa shape index (κ2) is 12.2. The van der Waals surface area contributed by atoms with Crippen LogP contribution in [-0.2, 0) is 35.0 Å².